The van der Waals surface area contributed by atoms with Crippen LogP contribution in [0.25, 0.3) is 21.8 Å². The van der Waals surface area contributed by atoms with Gasteiger partial charge < -0.3 is 88.5 Å². The van der Waals surface area contributed by atoms with Crippen molar-refractivity contribution in [2.24, 2.45) is 23.7 Å². The van der Waals surface area contributed by atoms with Gasteiger partial charge in [0, 0.05) is 40.0 Å². The molecule has 2 saturated heterocycles. The van der Waals surface area contributed by atoms with Crippen molar-refractivity contribution in [3.63, 3.8) is 0 Å². The molecule has 22 heteroatoms. The Hall–Kier alpha value is -5.34. The molecule has 0 radical (unpaired) electrons. The Morgan fingerprint density at radius 1 is 0.691 bits per heavy atom. The normalized spacial score (nSPS) is 33.9. The molecule has 6 heterocycles. The average Bonchev–Trinajstić information content (AvgIpc) is 3.75. The monoisotopic (exact) mass is 956 g/mol. The van der Waals surface area contributed by atoms with E-state index in [1.165, 1.54) is 33.5 Å². The van der Waals surface area contributed by atoms with E-state index < -0.39 is 129 Å². The number of nitrogens with zero attached hydrogens (tertiary/aromatic N) is 1. The summed E-state index contributed by atoms with van der Waals surface area (Å²) in [7, 11) is 3.55. The minimum Gasteiger partial charge on any atom is -0.471 e. The van der Waals surface area contributed by atoms with Crippen molar-refractivity contribution in [1.82, 2.24) is 9.97 Å². The van der Waals surface area contributed by atoms with E-state index in [1.54, 1.807) is 12.1 Å². The van der Waals surface area contributed by atoms with Crippen molar-refractivity contribution in [3.8, 4) is 0 Å². The summed E-state index contributed by atoms with van der Waals surface area (Å²) in [6.07, 6.45) is -13.6. The molecule has 2 fully saturated rings. The second-order valence-corrected chi connectivity index (χ2v) is 16.7. The molecule has 4 aliphatic heterocycles. The highest BCUT2D eigenvalue weighted by Crippen LogP contribution is 2.42. The number of aryl methyl sites for hydroxylation is 1. The number of rotatable bonds is 16. The summed E-state index contributed by atoms with van der Waals surface area (Å²) in [5.41, 5.74) is 1.77. The van der Waals surface area contributed by atoms with E-state index in [2.05, 4.69) is 18.1 Å². The second-order valence-electron chi connectivity index (χ2n) is 16.7. The van der Waals surface area contributed by atoms with Gasteiger partial charge in [-0.3, -0.25) is 0 Å². The van der Waals surface area contributed by atoms with E-state index in [-0.39, 0.29) is 41.8 Å². The van der Waals surface area contributed by atoms with E-state index >= 15 is 0 Å². The highest BCUT2D eigenvalue weighted by molar-refractivity contribution is 6.12. The summed E-state index contributed by atoms with van der Waals surface area (Å²) in [6, 6.07) is 7.25. The third-order valence-corrected chi connectivity index (χ3v) is 13.0. The fourth-order valence-corrected chi connectivity index (χ4v) is 9.29. The fourth-order valence-electron chi connectivity index (χ4n) is 9.29. The number of para-hydroxylation sites is 1. The molecule has 0 aliphatic carbocycles. The van der Waals surface area contributed by atoms with Crippen LogP contribution in [0.4, 0.5) is 0 Å². The number of aliphatic hydroxyl groups excluding tert-OH is 8. The molecule has 0 unspecified atom stereocenters. The maximum absolute atomic E-state index is 14.0. The number of pyridine rings is 1. The van der Waals surface area contributed by atoms with Gasteiger partial charge in [0.2, 0.25) is 12.6 Å². The van der Waals surface area contributed by atoms with E-state index in [4.69, 9.17) is 47.6 Å². The minimum atomic E-state index is -1.78. The Kier molecular flexibility index (Phi) is 16.0. The number of aromatic nitrogens is 2. The van der Waals surface area contributed by atoms with Gasteiger partial charge in [0.25, 0.3) is 0 Å². The maximum Gasteiger partial charge on any atom is 0.356 e. The van der Waals surface area contributed by atoms with Gasteiger partial charge in [0.1, 0.15) is 48.8 Å². The van der Waals surface area contributed by atoms with Crippen LogP contribution >= 0.6 is 0 Å². The quantitative estimate of drug-likeness (QED) is 0.0486. The summed E-state index contributed by atoms with van der Waals surface area (Å²) in [5, 5.41) is 83.9. The summed E-state index contributed by atoms with van der Waals surface area (Å²) >= 11 is 0. The van der Waals surface area contributed by atoms with Crippen molar-refractivity contribution in [2.45, 2.75) is 93.3 Å². The molecule has 1 aromatic carbocycles. The Labute approximate surface area is 388 Å². The molecule has 0 spiro atoms. The molecule has 370 valence electrons. The van der Waals surface area contributed by atoms with Crippen molar-refractivity contribution in [1.29, 1.82) is 0 Å². The van der Waals surface area contributed by atoms with Crippen molar-refractivity contribution >= 4 is 39.7 Å². The zero-order valence-electron chi connectivity index (χ0n) is 37.2. The number of esters is 3. The summed E-state index contributed by atoms with van der Waals surface area (Å²) < 4.78 is 50.4. The van der Waals surface area contributed by atoms with Gasteiger partial charge in [-0.2, -0.15) is 0 Å². The predicted octanol–water partition coefficient (Wildman–Crippen LogP) is -0.726. The number of nitrogens with one attached hydrogen (secondary N) is 1. The molecule has 0 amide bonds. The third kappa shape index (κ3) is 9.51. The van der Waals surface area contributed by atoms with Crippen LogP contribution in [-0.4, -0.2) is 177 Å². The summed E-state index contributed by atoms with van der Waals surface area (Å²) in [4.78, 5) is 49.0. The van der Waals surface area contributed by atoms with E-state index in [0.717, 1.165) is 12.5 Å². The first-order valence-electron chi connectivity index (χ1n) is 21.7. The van der Waals surface area contributed by atoms with Crippen LogP contribution in [0.15, 0.2) is 73.2 Å². The van der Waals surface area contributed by atoms with E-state index in [1.807, 2.05) is 12.1 Å². The summed E-state index contributed by atoms with van der Waals surface area (Å²) in [6.45, 7) is 6.50. The topological polar surface area (TPSA) is 325 Å². The number of aliphatic hydroxyl groups is 8. The lowest BCUT2D eigenvalue weighted by Gasteiger charge is -2.43. The number of aromatic amines is 1. The standard InChI is InChI=1S/C46H56N2O20/c1-6-19-21(25(40(57)60-3)17-63-43(19)67-45-38(55)36(53)34(51)29(15-49)65-45)12-13-23-31-22-10-8-9-11-27(22)47-33(31)28(48-32(23)42(59)62-5)14-24-20(7-2)44(64-18-26(24)41(58)61-4)68-46-39(56)37(54)35(52)30(16-50)66-46/h6-11,17-21,24,29-30,34-39,43-47,49-56H,1-2,12-16H2,3-5H3/t19-,20-,21+,24+,29-,30-,34-,35-,36+,37+,38-,39-,43+,44+,45+,46+/m1/s1. The van der Waals surface area contributed by atoms with Gasteiger partial charge >= 0.3 is 17.9 Å². The minimum absolute atomic E-state index is 0.0263. The smallest absolute Gasteiger partial charge is 0.356 e. The van der Waals surface area contributed by atoms with Gasteiger partial charge in [0.05, 0.1) is 69.4 Å². The number of fused-ring (bicyclic) bond motifs is 3. The first-order chi connectivity index (χ1) is 32.7. The lowest BCUT2D eigenvalue weighted by atomic mass is 9.79. The molecule has 16 atom stereocenters. The van der Waals surface area contributed by atoms with Crippen molar-refractivity contribution < 1.29 is 97.9 Å². The number of carbonyl (C=O) groups excluding carboxylic acids is 3. The molecule has 7 rings (SSSR count). The lowest BCUT2D eigenvalue weighted by molar-refractivity contribution is -0.339. The zero-order chi connectivity index (χ0) is 49.1. The van der Waals surface area contributed by atoms with Gasteiger partial charge in [-0.1, -0.05) is 30.4 Å². The average molecular weight is 957 g/mol. The SMILES string of the molecule is C=C[C@H]1[C@H](O[C@@H]2O[C@H](CO)[C@@H](O)[C@H](O)[C@H]2O)OC=C(C(=O)OC)[C@H]1CCc1c(C(=O)OC)nc(C[C@@H]2C(C(=O)OC)=CO[C@@H](O[C@@H]3O[C@H](CO)[C@@H](O)[C@H](O)[C@H]3O)[C@@H]2C=C)c2[nH]c3ccccc3c12. The van der Waals surface area contributed by atoms with E-state index in [0.29, 0.717) is 27.4 Å². The third-order valence-electron chi connectivity index (χ3n) is 13.0. The molecule has 2 aromatic heterocycles. The van der Waals surface area contributed by atoms with Crippen LogP contribution in [0.3, 0.4) is 0 Å². The van der Waals surface area contributed by atoms with Crippen molar-refractivity contribution in [2.75, 3.05) is 34.5 Å². The Bertz CT molecular complexity index is 2400. The number of H-pyrrole nitrogens is 1. The van der Waals surface area contributed by atoms with Crippen molar-refractivity contribution in [3.05, 3.63) is 90.2 Å². The van der Waals surface area contributed by atoms with Crippen LogP contribution in [0.2, 0.25) is 0 Å². The van der Waals surface area contributed by atoms with Crippen LogP contribution in [0.1, 0.15) is 28.2 Å². The highest BCUT2D eigenvalue weighted by atomic mass is 16.8. The number of carbonyl (C=O) groups is 3. The van der Waals surface area contributed by atoms with Gasteiger partial charge in [-0.05, 0) is 30.9 Å². The van der Waals surface area contributed by atoms with Gasteiger partial charge in [-0.25, -0.2) is 19.4 Å². The predicted molar refractivity (Wildman–Crippen MR) is 231 cm³/mol. The number of methoxy groups -OCH3 is 3. The molecule has 68 heavy (non-hydrogen) atoms. The van der Waals surface area contributed by atoms with Crippen LogP contribution in [0.5, 0.6) is 0 Å². The second kappa shape index (κ2) is 21.5. The largest absolute Gasteiger partial charge is 0.471 e. The van der Waals surface area contributed by atoms with Gasteiger partial charge in [-0.15, -0.1) is 13.2 Å². The lowest BCUT2D eigenvalue weighted by Crippen LogP contribution is -2.60. The number of ether oxygens (including phenoxy) is 9. The van der Waals surface area contributed by atoms with Crippen LogP contribution in [0, 0.1) is 23.7 Å². The molecule has 22 nitrogen and oxygen atoms in total. The highest BCUT2D eigenvalue weighted by Gasteiger charge is 2.50. The number of hydrogen-bond donors (Lipinski definition) is 9. The Balaban J connectivity index is 1.27. The zero-order valence-corrected chi connectivity index (χ0v) is 37.2. The molecule has 3 aromatic rings. The molecule has 0 bridgehead atoms. The Morgan fingerprint density at radius 2 is 1.19 bits per heavy atom. The number of benzene rings is 1. The van der Waals surface area contributed by atoms with Gasteiger partial charge in [0.15, 0.2) is 18.3 Å². The first-order valence-corrected chi connectivity index (χ1v) is 21.7. The maximum atomic E-state index is 14.0. The van der Waals surface area contributed by atoms with Crippen LogP contribution in [-0.2, 0) is 65.1 Å². The number of hydrogen-bond acceptors (Lipinski definition) is 21. The molecular formula is C46H56N2O20. The molecule has 4 aliphatic rings. The molecule has 9 N–H and O–H groups in total. The first kappa shape index (κ1) is 50.5. The van der Waals surface area contributed by atoms with E-state index in [9.17, 15) is 55.2 Å². The summed E-state index contributed by atoms with van der Waals surface area (Å²) in [5.74, 6) is -5.88. The molecular weight excluding hydrogens is 900 g/mol. The Morgan fingerprint density at radius 3 is 1.69 bits per heavy atom. The van der Waals surface area contributed by atoms with Crippen LogP contribution < -0.4 is 0 Å². The fraction of sp³-hybridized carbons (Fsp3) is 0.522. The molecule has 0 saturated carbocycles.